The lowest BCUT2D eigenvalue weighted by molar-refractivity contribution is -0.173. The summed E-state index contributed by atoms with van der Waals surface area (Å²) in [6.45, 7) is 1.22. The molecule has 0 aliphatic carbocycles. The van der Waals surface area contributed by atoms with Crippen LogP contribution in [0.3, 0.4) is 0 Å². The van der Waals surface area contributed by atoms with Crippen LogP contribution in [-0.4, -0.2) is 19.9 Å². The highest BCUT2D eigenvalue weighted by atomic mass is 19.4. The minimum atomic E-state index is -4.47. The maximum atomic E-state index is 13.9. The third-order valence-electron chi connectivity index (χ3n) is 3.99. The van der Waals surface area contributed by atoms with E-state index in [1.165, 1.54) is 55.6 Å². The zero-order chi connectivity index (χ0) is 17.8. The number of terminal acetylenes is 1. The largest absolute Gasteiger partial charge is 0.497 e. The van der Waals surface area contributed by atoms with Crippen LogP contribution in [-0.2, 0) is 5.41 Å². The van der Waals surface area contributed by atoms with Crippen molar-refractivity contribution in [2.75, 3.05) is 13.7 Å². The number of hydrogen-bond donors (Lipinski definition) is 0. The standard InChI is InChI=1S/C19H17F3O2/c1-4-13-24-17-11-7-15(8-12-17)18(2,19(20,21)22)14-5-9-16(23-3)10-6-14/h1,5-12H,13H2,2-3H3. The van der Waals surface area contributed by atoms with Crippen molar-refractivity contribution in [1.29, 1.82) is 0 Å². The van der Waals surface area contributed by atoms with Crippen LogP contribution in [0.2, 0.25) is 0 Å². The molecule has 5 heteroatoms. The molecule has 0 spiro atoms. The van der Waals surface area contributed by atoms with Crippen LogP contribution in [0, 0.1) is 12.3 Å². The number of methoxy groups -OCH3 is 1. The lowest BCUT2D eigenvalue weighted by Gasteiger charge is -2.33. The normalized spacial score (nSPS) is 13.7. The Kier molecular flexibility index (Phi) is 5.08. The molecular weight excluding hydrogens is 317 g/mol. The molecule has 0 N–H and O–H groups in total. The Labute approximate surface area is 139 Å². The third kappa shape index (κ3) is 3.33. The second-order valence-corrected chi connectivity index (χ2v) is 5.37. The van der Waals surface area contributed by atoms with E-state index in [9.17, 15) is 13.2 Å². The van der Waals surface area contributed by atoms with Gasteiger partial charge in [0.2, 0.25) is 0 Å². The van der Waals surface area contributed by atoms with E-state index in [4.69, 9.17) is 15.9 Å². The zero-order valence-corrected chi connectivity index (χ0v) is 13.4. The van der Waals surface area contributed by atoms with E-state index >= 15 is 0 Å². The highest BCUT2D eigenvalue weighted by Crippen LogP contribution is 2.46. The van der Waals surface area contributed by atoms with Gasteiger partial charge in [0.1, 0.15) is 23.5 Å². The second-order valence-electron chi connectivity index (χ2n) is 5.37. The molecule has 24 heavy (non-hydrogen) atoms. The van der Waals surface area contributed by atoms with E-state index in [-0.39, 0.29) is 17.7 Å². The van der Waals surface area contributed by atoms with Crippen LogP contribution in [0.5, 0.6) is 11.5 Å². The number of alkyl halides is 3. The van der Waals surface area contributed by atoms with E-state index in [0.29, 0.717) is 11.5 Å². The summed E-state index contributed by atoms with van der Waals surface area (Å²) in [5, 5.41) is 0. The van der Waals surface area contributed by atoms with Crippen molar-refractivity contribution in [2.24, 2.45) is 0 Å². The predicted octanol–water partition coefficient (Wildman–Crippen LogP) is 4.58. The first-order valence-electron chi connectivity index (χ1n) is 7.21. The van der Waals surface area contributed by atoms with Crippen molar-refractivity contribution in [3.63, 3.8) is 0 Å². The Bertz CT molecular complexity index is 712. The Balaban J connectivity index is 2.46. The van der Waals surface area contributed by atoms with Crippen molar-refractivity contribution in [1.82, 2.24) is 0 Å². The van der Waals surface area contributed by atoms with Gasteiger partial charge in [-0.3, -0.25) is 0 Å². The van der Waals surface area contributed by atoms with Crippen LogP contribution in [0.1, 0.15) is 18.1 Å². The summed E-state index contributed by atoms with van der Waals surface area (Å²) < 4.78 is 51.8. The maximum Gasteiger partial charge on any atom is 0.402 e. The number of ether oxygens (including phenoxy) is 2. The first-order valence-corrected chi connectivity index (χ1v) is 7.21. The van der Waals surface area contributed by atoms with Crippen LogP contribution < -0.4 is 9.47 Å². The van der Waals surface area contributed by atoms with Crippen molar-refractivity contribution in [2.45, 2.75) is 18.5 Å². The van der Waals surface area contributed by atoms with Gasteiger partial charge in [0.25, 0.3) is 0 Å². The molecule has 2 rings (SSSR count). The minimum absolute atomic E-state index is 0.0639. The lowest BCUT2D eigenvalue weighted by Crippen LogP contribution is -2.40. The number of halogens is 3. The Morgan fingerprint density at radius 1 is 0.917 bits per heavy atom. The number of hydrogen-bond acceptors (Lipinski definition) is 2. The highest BCUT2D eigenvalue weighted by Gasteiger charge is 2.53. The molecule has 0 fully saturated rings. The Hall–Kier alpha value is -2.61. The molecule has 0 aromatic heterocycles. The summed E-state index contributed by atoms with van der Waals surface area (Å²) in [4.78, 5) is 0. The maximum absolute atomic E-state index is 13.9. The van der Waals surface area contributed by atoms with Gasteiger partial charge < -0.3 is 9.47 Å². The van der Waals surface area contributed by atoms with E-state index in [1.807, 2.05) is 0 Å². The van der Waals surface area contributed by atoms with Gasteiger partial charge in [0.05, 0.1) is 7.11 Å². The molecule has 0 saturated heterocycles. The Morgan fingerprint density at radius 3 is 1.75 bits per heavy atom. The molecule has 0 saturated carbocycles. The zero-order valence-electron chi connectivity index (χ0n) is 13.4. The van der Waals surface area contributed by atoms with E-state index < -0.39 is 11.6 Å². The van der Waals surface area contributed by atoms with Gasteiger partial charge in [-0.25, -0.2) is 0 Å². The fraction of sp³-hybridized carbons (Fsp3) is 0.263. The van der Waals surface area contributed by atoms with Crippen LogP contribution >= 0.6 is 0 Å². The predicted molar refractivity (Wildman–Crippen MR) is 86.3 cm³/mol. The molecule has 0 bridgehead atoms. The third-order valence-corrected chi connectivity index (χ3v) is 3.99. The second kappa shape index (κ2) is 6.88. The van der Waals surface area contributed by atoms with Gasteiger partial charge >= 0.3 is 6.18 Å². The summed E-state index contributed by atoms with van der Waals surface area (Å²) >= 11 is 0. The lowest BCUT2D eigenvalue weighted by atomic mass is 9.75. The topological polar surface area (TPSA) is 18.5 Å². The SMILES string of the molecule is C#CCOc1ccc(C(C)(c2ccc(OC)cc2)C(F)(F)F)cc1. The van der Waals surface area contributed by atoms with Crippen molar-refractivity contribution in [3.8, 4) is 23.8 Å². The van der Waals surface area contributed by atoms with Gasteiger partial charge in [-0.1, -0.05) is 30.2 Å². The number of benzene rings is 2. The van der Waals surface area contributed by atoms with Gasteiger partial charge in [-0.15, -0.1) is 6.42 Å². The van der Waals surface area contributed by atoms with E-state index in [1.54, 1.807) is 0 Å². The van der Waals surface area contributed by atoms with E-state index in [2.05, 4.69) is 5.92 Å². The van der Waals surface area contributed by atoms with Crippen molar-refractivity contribution >= 4 is 0 Å². The first-order chi connectivity index (χ1) is 11.3. The summed E-state index contributed by atoms with van der Waals surface area (Å²) in [5.41, 5.74) is -1.90. The molecule has 126 valence electrons. The summed E-state index contributed by atoms with van der Waals surface area (Å²) in [7, 11) is 1.47. The molecule has 2 aromatic carbocycles. The van der Waals surface area contributed by atoms with Gasteiger partial charge in [-0.05, 0) is 42.3 Å². The fourth-order valence-electron chi connectivity index (χ4n) is 2.43. The molecule has 1 unspecified atom stereocenters. The van der Waals surface area contributed by atoms with Gasteiger partial charge in [0, 0.05) is 0 Å². The molecule has 2 nitrogen and oxygen atoms in total. The fourth-order valence-corrected chi connectivity index (χ4v) is 2.43. The molecule has 0 aliphatic rings. The summed E-state index contributed by atoms with van der Waals surface area (Å²) in [6.07, 6.45) is 0.629. The molecular formula is C19H17F3O2. The molecule has 1 atom stereocenters. The molecule has 0 radical (unpaired) electrons. The van der Waals surface area contributed by atoms with Crippen LogP contribution in [0.15, 0.2) is 48.5 Å². The van der Waals surface area contributed by atoms with E-state index in [0.717, 1.165) is 6.92 Å². The van der Waals surface area contributed by atoms with Gasteiger partial charge in [-0.2, -0.15) is 13.2 Å². The van der Waals surface area contributed by atoms with Crippen molar-refractivity contribution < 1.29 is 22.6 Å². The quantitative estimate of drug-likeness (QED) is 0.746. The summed E-state index contributed by atoms with van der Waals surface area (Å²) in [5.74, 6) is 3.24. The van der Waals surface area contributed by atoms with Crippen LogP contribution in [0.25, 0.3) is 0 Å². The average Bonchev–Trinajstić information content (AvgIpc) is 2.59. The number of rotatable bonds is 5. The van der Waals surface area contributed by atoms with Crippen molar-refractivity contribution in [3.05, 3.63) is 59.7 Å². The highest BCUT2D eigenvalue weighted by molar-refractivity contribution is 5.44. The molecule has 0 heterocycles. The monoisotopic (exact) mass is 334 g/mol. The molecule has 0 amide bonds. The Morgan fingerprint density at radius 2 is 1.38 bits per heavy atom. The summed E-state index contributed by atoms with van der Waals surface area (Å²) in [6, 6.07) is 11.7. The minimum Gasteiger partial charge on any atom is -0.497 e. The molecule has 2 aromatic rings. The average molecular weight is 334 g/mol. The van der Waals surface area contributed by atoms with Gasteiger partial charge in [0.15, 0.2) is 0 Å². The smallest absolute Gasteiger partial charge is 0.402 e. The molecule has 0 aliphatic heterocycles. The first kappa shape index (κ1) is 17.7. The van der Waals surface area contributed by atoms with Crippen LogP contribution in [0.4, 0.5) is 13.2 Å².